The number of fused-ring (bicyclic) bond motifs is 3. The normalized spacial score (nSPS) is 20.2. The average Bonchev–Trinajstić information content (AvgIpc) is 3.34. The zero-order chi connectivity index (χ0) is 25.0. The van der Waals surface area contributed by atoms with E-state index in [0.29, 0.717) is 17.1 Å². The van der Waals surface area contributed by atoms with Crippen molar-refractivity contribution < 1.29 is 14.5 Å². The molecule has 1 aliphatic heterocycles. The van der Waals surface area contributed by atoms with Gasteiger partial charge < -0.3 is 9.67 Å². The molecule has 1 spiro atoms. The van der Waals surface area contributed by atoms with Crippen molar-refractivity contribution in [2.24, 2.45) is 13.0 Å². The molecule has 1 aromatic heterocycles. The molecule has 3 aliphatic rings. The zero-order valence-electron chi connectivity index (χ0n) is 21.6. The van der Waals surface area contributed by atoms with E-state index in [1.807, 2.05) is 48.2 Å². The van der Waals surface area contributed by atoms with E-state index in [9.17, 15) is 9.90 Å². The number of aryl methyl sites for hydroxylation is 1. The van der Waals surface area contributed by atoms with Gasteiger partial charge in [0, 0.05) is 53.8 Å². The second-order valence-corrected chi connectivity index (χ2v) is 11.2. The summed E-state index contributed by atoms with van der Waals surface area (Å²) < 4.78 is 4.47. The van der Waals surface area contributed by atoms with Crippen molar-refractivity contribution in [3.05, 3.63) is 83.3 Å². The Labute approximate surface area is 213 Å². The second-order valence-electron chi connectivity index (χ2n) is 11.2. The highest BCUT2D eigenvalue weighted by Gasteiger charge is 2.52. The van der Waals surface area contributed by atoms with Gasteiger partial charge in [0.25, 0.3) is 0 Å². The number of hydrogen-bond donors (Lipinski definition) is 1. The highest BCUT2D eigenvalue weighted by Crippen LogP contribution is 2.50. The van der Waals surface area contributed by atoms with Crippen LogP contribution in [0.3, 0.4) is 0 Å². The largest absolute Gasteiger partial charge is 0.506 e. The number of aromatic nitrogens is 1. The van der Waals surface area contributed by atoms with Gasteiger partial charge in [-0.15, -0.1) is 0 Å². The van der Waals surface area contributed by atoms with Crippen molar-refractivity contribution in [3.63, 3.8) is 0 Å². The number of benzene rings is 2. The molecule has 1 N–H and O–H groups in total. The SMILES string of the molecule is CC(C)CC[N+]1=C(/C=C2\C(=O)C(c3cn(C)c4ccccc34)=C2O)C2(CCCCC2)c2ccccc21. The maximum absolute atomic E-state index is 13.6. The third-order valence-corrected chi connectivity index (χ3v) is 8.54. The number of aliphatic hydroxyl groups is 1. The van der Waals surface area contributed by atoms with Crippen LogP contribution in [0.25, 0.3) is 16.5 Å². The predicted molar refractivity (Wildman–Crippen MR) is 146 cm³/mol. The minimum atomic E-state index is -0.0748. The first-order valence-corrected chi connectivity index (χ1v) is 13.4. The molecule has 36 heavy (non-hydrogen) atoms. The summed E-state index contributed by atoms with van der Waals surface area (Å²) in [6.07, 6.45) is 10.9. The first-order chi connectivity index (χ1) is 17.4. The van der Waals surface area contributed by atoms with Gasteiger partial charge in [-0.3, -0.25) is 4.79 Å². The van der Waals surface area contributed by atoms with Gasteiger partial charge in [0.05, 0.1) is 16.6 Å². The molecule has 1 fully saturated rings. The van der Waals surface area contributed by atoms with Crippen LogP contribution in [0.1, 0.15) is 63.5 Å². The molecule has 184 valence electrons. The summed E-state index contributed by atoms with van der Waals surface area (Å²) in [6, 6.07) is 16.8. The number of nitrogens with zero attached hydrogens (tertiary/aromatic N) is 2. The van der Waals surface area contributed by atoms with Crippen LogP contribution in [-0.2, 0) is 17.3 Å². The topological polar surface area (TPSA) is 45.2 Å². The fourth-order valence-electron chi connectivity index (χ4n) is 6.65. The number of ketones is 1. The van der Waals surface area contributed by atoms with Crippen molar-refractivity contribution in [3.8, 4) is 0 Å². The molecular formula is C32H35N2O2+. The van der Waals surface area contributed by atoms with Gasteiger partial charge in [0.1, 0.15) is 12.3 Å². The van der Waals surface area contributed by atoms with E-state index in [1.54, 1.807) is 0 Å². The Morgan fingerprint density at radius 1 is 1.06 bits per heavy atom. The van der Waals surface area contributed by atoms with E-state index in [4.69, 9.17) is 0 Å². The van der Waals surface area contributed by atoms with Crippen LogP contribution in [0.5, 0.6) is 0 Å². The number of hydrogen-bond acceptors (Lipinski definition) is 2. The molecule has 2 aromatic carbocycles. The Morgan fingerprint density at radius 2 is 1.78 bits per heavy atom. The summed E-state index contributed by atoms with van der Waals surface area (Å²) in [7, 11) is 1.98. The molecule has 0 unspecified atom stereocenters. The van der Waals surface area contributed by atoms with Crippen LogP contribution in [0.15, 0.2) is 72.1 Å². The van der Waals surface area contributed by atoms with E-state index in [-0.39, 0.29) is 17.0 Å². The van der Waals surface area contributed by atoms with Gasteiger partial charge >= 0.3 is 0 Å². The lowest BCUT2D eigenvalue weighted by atomic mass is 9.66. The van der Waals surface area contributed by atoms with Crippen molar-refractivity contribution in [1.29, 1.82) is 0 Å². The minimum absolute atomic E-state index is 0.0536. The zero-order valence-corrected chi connectivity index (χ0v) is 21.6. The molecule has 1 saturated carbocycles. The summed E-state index contributed by atoms with van der Waals surface area (Å²) in [5.74, 6) is 0.669. The number of Topliss-reactive ketones (excluding diaryl/α,β-unsaturated/α-hetero) is 1. The Kier molecular flexibility index (Phi) is 5.51. The van der Waals surface area contributed by atoms with Crippen LogP contribution < -0.4 is 0 Å². The van der Waals surface area contributed by atoms with Gasteiger partial charge in [0.2, 0.25) is 11.5 Å². The van der Waals surface area contributed by atoms with Gasteiger partial charge in [-0.05, 0) is 24.8 Å². The molecule has 0 atom stereocenters. The lowest BCUT2D eigenvalue weighted by Crippen LogP contribution is -2.38. The summed E-state index contributed by atoms with van der Waals surface area (Å²) >= 11 is 0. The lowest BCUT2D eigenvalue weighted by molar-refractivity contribution is -0.439. The standard InChI is InChI=1S/C32H34N2O2/c1-21(2)15-18-34-27-14-8-6-12-25(27)32(16-9-4-10-17-32)28(34)19-23-30(35)29(31(23)36)24-20-33(3)26-13-7-5-11-22(24)26/h5-8,11-14,19-21H,4,9-10,15-18H2,1-3H3/p+1. The van der Waals surface area contributed by atoms with Crippen molar-refractivity contribution in [1.82, 2.24) is 4.57 Å². The lowest BCUT2D eigenvalue weighted by Gasteiger charge is -2.32. The van der Waals surface area contributed by atoms with E-state index >= 15 is 0 Å². The molecule has 6 rings (SSSR count). The Morgan fingerprint density at radius 3 is 2.53 bits per heavy atom. The average molecular weight is 480 g/mol. The van der Waals surface area contributed by atoms with E-state index in [0.717, 1.165) is 42.3 Å². The van der Waals surface area contributed by atoms with Gasteiger partial charge in [-0.2, -0.15) is 4.58 Å². The number of rotatable bonds is 5. The number of allylic oxidation sites excluding steroid dienone is 3. The van der Waals surface area contributed by atoms with Crippen LogP contribution in [-0.4, -0.2) is 32.3 Å². The maximum Gasteiger partial charge on any atom is 0.209 e. The summed E-state index contributed by atoms with van der Waals surface area (Å²) in [6.45, 7) is 5.44. The summed E-state index contributed by atoms with van der Waals surface area (Å²) in [5, 5.41) is 12.3. The van der Waals surface area contributed by atoms with E-state index in [1.165, 1.54) is 36.2 Å². The highest BCUT2D eigenvalue weighted by molar-refractivity contribution is 6.41. The van der Waals surface area contributed by atoms with Gasteiger partial charge in [0.15, 0.2) is 5.71 Å². The van der Waals surface area contributed by atoms with Crippen LogP contribution >= 0.6 is 0 Å². The Bertz CT molecular complexity index is 1470. The Balaban J connectivity index is 1.50. The maximum atomic E-state index is 13.6. The molecule has 2 heterocycles. The summed E-state index contributed by atoms with van der Waals surface area (Å²) in [4.78, 5) is 13.6. The fourth-order valence-corrected chi connectivity index (χ4v) is 6.65. The molecular weight excluding hydrogens is 444 g/mol. The van der Waals surface area contributed by atoms with Crippen LogP contribution in [0, 0.1) is 5.92 Å². The second kappa shape index (κ2) is 8.62. The smallest absolute Gasteiger partial charge is 0.209 e. The molecule has 2 aliphatic carbocycles. The first-order valence-electron chi connectivity index (χ1n) is 13.4. The fraction of sp³-hybridized carbons (Fsp3) is 0.375. The first kappa shape index (κ1) is 23.0. The summed E-state index contributed by atoms with van der Waals surface area (Å²) in [5.41, 5.74) is 6.57. The number of aliphatic hydroxyl groups excluding tert-OH is 1. The number of carbonyl (C=O) groups excluding carboxylic acids is 1. The predicted octanol–water partition coefficient (Wildman–Crippen LogP) is 7.00. The van der Waals surface area contributed by atoms with Crippen molar-refractivity contribution in [2.45, 2.75) is 57.8 Å². The molecule has 0 radical (unpaired) electrons. The molecule has 0 amide bonds. The highest BCUT2D eigenvalue weighted by atomic mass is 16.3. The monoisotopic (exact) mass is 479 g/mol. The number of carbonyl (C=O) groups is 1. The van der Waals surface area contributed by atoms with Crippen molar-refractivity contribution in [2.75, 3.05) is 6.54 Å². The van der Waals surface area contributed by atoms with Crippen LogP contribution in [0.2, 0.25) is 0 Å². The van der Waals surface area contributed by atoms with Gasteiger partial charge in [-0.1, -0.05) is 69.5 Å². The van der Waals surface area contributed by atoms with Gasteiger partial charge in [-0.25, -0.2) is 0 Å². The van der Waals surface area contributed by atoms with E-state index < -0.39 is 0 Å². The third-order valence-electron chi connectivity index (χ3n) is 8.54. The van der Waals surface area contributed by atoms with Crippen molar-refractivity contribution >= 4 is 33.7 Å². The third kappa shape index (κ3) is 3.34. The molecule has 3 aromatic rings. The molecule has 0 saturated heterocycles. The minimum Gasteiger partial charge on any atom is -0.506 e. The number of para-hydroxylation sites is 2. The Hall–Kier alpha value is -3.40. The van der Waals surface area contributed by atoms with E-state index in [2.05, 4.69) is 42.7 Å². The molecule has 0 bridgehead atoms. The quantitative estimate of drug-likeness (QED) is 0.316. The molecule has 4 nitrogen and oxygen atoms in total. The van der Waals surface area contributed by atoms with Crippen LogP contribution in [0.4, 0.5) is 5.69 Å². The molecule has 4 heteroatoms.